The Morgan fingerprint density at radius 3 is 2.67 bits per heavy atom. The molecule has 1 aromatic carbocycles. The maximum Gasteiger partial charge on any atom is 0.173 e. The van der Waals surface area contributed by atoms with Crippen molar-refractivity contribution in [2.45, 2.75) is 12.3 Å². The Morgan fingerprint density at radius 2 is 2.13 bits per heavy atom. The quantitative estimate of drug-likeness (QED) is 0.425. The molecule has 1 atom stereocenters. The topological polar surface area (TPSA) is 39.5 Å². The summed E-state index contributed by atoms with van der Waals surface area (Å²) in [4.78, 5) is 0. The number of hydrogen-bond donors (Lipinski definition) is 2. The second kappa shape index (κ2) is 4.49. The largest absolute Gasteiger partial charge is 0.277 e. The highest BCUT2D eigenvalue weighted by Gasteiger charge is 2.16. The van der Waals surface area contributed by atoms with Crippen LogP contribution in [0.1, 0.15) is 17.9 Å². The van der Waals surface area contributed by atoms with Crippen molar-refractivity contribution in [3.05, 3.63) is 35.9 Å². The van der Waals surface area contributed by atoms with Crippen molar-refractivity contribution in [2.24, 2.45) is 5.10 Å². The van der Waals surface area contributed by atoms with Gasteiger partial charge in [0, 0.05) is 18.7 Å². The van der Waals surface area contributed by atoms with E-state index in [0.717, 1.165) is 13.0 Å². The smallest absolute Gasteiger partial charge is 0.173 e. The van der Waals surface area contributed by atoms with Crippen LogP contribution in [0.3, 0.4) is 0 Å². The van der Waals surface area contributed by atoms with Gasteiger partial charge in [0.2, 0.25) is 0 Å². The maximum absolute atomic E-state index is 7.34. The highest BCUT2D eigenvalue weighted by molar-refractivity contribution is 7.96. The molecule has 1 unspecified atom stereocenters. The van der Waals surface area contributed by atoms with E-state index in [1.807, 2.05) is 24.4 Å². The van der Waals surface area contributed by atoms with Gasteiger partial charge < -0.3 is 0 Å². The van der Waals surface area contributed by atoms with Crippen molar-refractivity contribution < 1.29 is 0 Å². The molecule has 3 nitrogen and oxygen atoms in total. The average Bonchev–Trinajstić information content (AvgIpc) is 2.30. The highest BCUT2D eigenvalue weighted by atomic mass is 32.1. The number of benzene rings is 1. The van der Waals surface area contributed by atoms with Gasteiger partial charge in [-0.3, -0.25) is 5.41 Å². The Labute approximate surface area is 94.7 Å². The van der Waals surface area contributed by atoms with E-state index >= 15 is 0 Å². The first kappa shape index (κ1) is 10.2. The first-order valence-corrected chi connectivity index (χ1v) is 5.36. The van der Waals surface area contributed by atoms with E-state index in [1.54, 1.807) is 5.01 Å². The van der Waals surface area contributed by atoms with Crippen LogP contribution in [-0.4, -0.2) is 22.9 Å². The second-order valence-electron chi connectivity index (χ2n) is 3.52. The van der Waals surface area contributed by atoms with E-state index in [1.165, 1.54) is 5.56 Å². The number of amidine groups is 1. The molecule has 15 heavy (non-hydrogen) atoms. The molecule has 1 aromatic rings. The number of hydrogen-bond acceptors (Lipinski definition) is 2. The molecule has 1 heterocycles. The molecule has 0 radical (unpaired) electrons. The zero-order valence-corrected chi connectivity index (χ0v) is 9.19. The van der Waals surface area contributed by atoms with Gasteiger partial charge in [0.25, 0.3) is 0 Å². The predicted octanol–water partition coefficient (Wildman–Crippen LogP) is 2.33. The highest BCUT2D eigenvalue weighted by Crippen LogP contribution is 2.21. The van der Waals surface area contributed by atoms with Gasteiger partial charge >= 0.3 is 0 Å². The van der Waals surface area contributed by atoms with Gasteiger partial charge in [-0.1, -0.05) is 30.3 Å². The lowest BCUT2D eigenvalue weighted by molar-refractivity contribution is 0.414. The second-order valence-corrected chi connectivity index (χ2v) is 3.94. The molecule has 0 amide bonds. The minimum atomic E-state index is 0.206. The van der Waals surface area contributed by atoms with Gasteiger partial charge in [0.15, 0.2) is 5.17 Å². The van der Waals surface area contributed by atoms with Gasteiger partial charge in [-0.15, -0.1) is 12.6 Å². The van der Waals surface area contributed by atoms with E-state index < -0.39 is 0 Å². The van der Waals surface area contributed by atoms with Crippen molar-refractivity contribution in [2.75, 3.05) is 6.54 Å². The number of nitrogens with zero attached hydrogens (tertiary/aromatic N) is 2. The summed E-state index contributed by atoms with van der Waals surface area (Å²) < 4.78 is 0. The molecular formula is C11H13N3S. The van der Waals surface area contributed by atoms with Crippen molar-refractivity contribution in [3.63, 3.8) is 0 Å². The van der Waals surface area contributed by atoms with Crippen LogP contribution in [0.4, 0.5) is 0 Å². The molecule has 0 spiro atoms. The fourth-order valence-electron chi connectivity index (χ4n) is 1.67. The third-order valence-electron chi connectivity index (χ3n) is 2.51. The van der Waals surface area contributed by atoms with Crippen LogP contribution in [-0.2, 0) is 0 Å². The molecular weight excluding hydrogens is 206 g/mol. The number of thiol groups is 1. The van der Waals surface area contributed by atoms with E-state index in [0.29, 0.717) is 5.92 Å². The molecule has 1 aliphatic rings. The summed E-state index contributed by atoms with van der Waals surface area (Å²) in [5, 5.41) is 13.3. The SMILES string of the molecule is N=C(S)N1CCC(c2ccccc2)C=N1. The van der Waals surface area contributed by atoms with E-state index in [9.17, 15) is 0 Å². The lowest BCUT2D eigenvalue weighted by Crippen LogP contribution is -2.28. The maximum atomic E-state index is 7.34. The van der Waals surface area contributed by atoms with Crippen molar-refractivity contribution in [3.8, 4) is 0 Å². The molecule has 0 aliphatic carbocycles. The number of nitrogens with one attached hydrogen (secondary N) is 1. The van der Waals surface area contributed by atoms with Crippen molar-refractivity contribution in [1.82, 2.24) is 5.01 Å². The van der Waals surface area contributed by atoms with E-state index in [-0.39, 0.29) is 5.17 Å². The molecule has 0 saturated heterocycles. The Morgan fingerprint density at radius 1 is 1.40 bits per heavy atom. The van der Waals surface area contributed by atoms with Crippen molar-refractivity contribution >= 4 is 24.0 Å². The molecule has 0 aromatic heterocycles. The van der Waals surface area contributed by atoms with E-state index in [2.05, 4.69) is 29.9 Å². The van der Waals surface area contributed by atoms with Crippen LogP contribution in [0.5, 0.6) is 0 Å². The normalized spacial score (nSPS) is 20.3. The molecule has 0 saturated carbocycles. The summed E-state index contributed by atoms with van der Waals surface area (Å²) >= 11 is 3.95. The van der Waals surface area contributed by atoms with Gasteiger partial charge in [-0.05, 0) is 12.0 Å². The Bertz CT molecular complexity index is 375. The van der Waals surface area contributed by atoms with Gasteiger partial charge in [-0.25, -0.2) is 5.01 Å². The summed E-state index contributed by atoms with van der Waals surface area (Å²) in [6.07, 6.45) is 2.88. The van der Waals surface area contributed by atoms with E-state index in [4.69, 9.17) is 5.41 Å². The van der Waals surface area contributed by atoms with Crippen LogP contribution >= 0.6 is 12.6 Å². The summed E-state index contributed by atoms with van der Waals surface area (Å²) in [7, 11) is 0. The van der Waals surface area contributed by atoms with Gasteiger partial charge in [-0.2, -0.15) is 5.10 Å². The molecule has 1 aliphatic heterocycles. The molecule has 78 valence electrons. The number of rotatable bonds is 1. The standard InChI is InChI=1S/C11H13N3S/c12-11(15)14-7-6-10(8-13-14)9-4-2-1-3-5-9/h1-5,8,10H,6-7H2,(H2,12,15). The lowest BCUT2D eigenvalue weighted by atomic mass is 9.96. The first-order chi connectivity index (χ1) is 7.27. The molecule has 4 heteroatoms. The third kappa shape index (κ3) is 2.39. The lowest BCUT2D eigenvalue weighted by Gasteiger charge is -2.24. The minimum Gasteiger partial charge on any atom is -0.277 e. The minimum absolute atomic E-state index is 0.206. The van der Waals surface area contributed by atoms with Crippen LogP contribution < -0.4 is 0 Å². The van der Waals surface area contributed by atoms with Crippen molar-refractivity contribution in [1.29, 1.82) is 5.41 Å². The Hall–Kier alpha value is -1.29. The van der Waals surface area contributed by atoms with Crippen LogP contribution in [0.25, 0.3) is 0 Å². The third-order valence-corrected chi connectivity index (χ3v) is 2.74. The zero-order valence-electron chi connectivity index (χ0n) is 8.30. The summed E-state index contributed by atoms with van der Waals surface area (Å²) in [6, 6.07) is 10.3. The number of hydrazone groups is 1. The fraction of sp³-hybridized carbons (Fsp3) is 0.273. The predicted molar refractivity (Wildman–Crippen MR) is 65.7 cm³/mol. The van der Waals surface area contributed by atoms with Gasteiger partial charge in [0.05, 0.1) is 0 Å². The Balaban J connectivity index is 2.10. The molecule has 0 fully saturated rings. The van der Waals surface area contributed by atoms with Gasteiger partial charge in [0.1, 0.15) is 0 Å². The molecule has 1 N–H and O–H groups in total. The van der Waals surface area contributed by atoms with Crippen LogP contribution in [0.2, 0.25) is 0 Å². The summed E-state index contributed by atoms with van der Waals surface area (Å²) in [6.45, 7) is 0.762. The summed E-state index contributed by atoms with van der Waals surface area (Å²) in [5.74, 6) is 0.370. The molecule has 2 rings (SSSR count). The summed E-state index contributed by atoms with van der Waals surface area (Å²) in [5.41, 5.74) is 1.28. The Kier molecular flexibility index (Phi) is 3.06. The fourth-order valence-corrected chi connectivity index (χ4v) is 1.82. The van der Waals surface area contributed by atoms with Crippen LogP contribution in [0.15, 0.2) is 35.4 Å². The average molecular weight is 219 g/mol. The molecule has 0 bridgehead atoms. The monoisotopic (exact) mass is 219 g/mol. The first-order valence-electron chi connectivity index (χ1n) is 4.91. The van der Waals surface area contributed by atoms with Crippen LogP contribution in [0, 0.1) is 5.41 Å². The zero-order chi connectivity index (χ0) is 10.7.